The van der Waals surface area contributed by atoms with Crippen LogP contribution in [0.25, 0.3) is 11.0 Å². The van der Waals surface area contributed by atoms with Crippen LogP contribution >= 0.6 is 0 Å². The number of ether oxygens (including phenoxy) is 2. The van der Waals surface area contributed by atoms with Gasteiger partial charge in [0, 0.05) is 44.4 Å². The number of benzene rings is 1. The maximum atomic E-state index is 13.9. The molecule has 33 heavy (non-hydrogen) atoms. The number of hydrogen-bond donors (Lipinski definition) is 1. The Labute approximate surface area is 191 Å². The van der Waals surface area contributed by atoms with Crippen molar-refractivity contribution in [2.45, 2.75) is 13.0 Å². The molecule has 3 aromatic rings. The van der Waals surface area contributed by atoms with Crippen LogP contribution in [0, 0.1) is 18.7 Å². The average Bonchev–Trinajstić information content (AvgIpc) is 3.17. The minimum absolute atomic E-state index is 0.265. The first-order valence-electron chi connectivity index (χ1n) is 11.0. The van der Waals surface area contributed by atoms with Crippen molar-refractivity contribution in [2.75, 3.05) is 49.6 Å². The van der Waals surface area contributed by atoms with Gasteiger partial charge in [0.05, 0.1) is 30.5 Å². The fraction of sp³-hybridized carbons (Fsp3) is 0.375. The standard InChI is InChI=1S/C24H26FN5O3/c1-15-3-4-17(9-19(15)25)30-14-18(33-24(30)31)11-26-10-16-12-29(13-16)21-7-8-27-20-5-6-22(32-2)28-23(20)21/h3-9,16,18,26H,10-14H2,1-2H3/t18-/m1/s1. The second-order valence-corrected chi connectivity index (χ2v) is 8.53. The monoisotopic (exact) mass is 451 g/mol. The van der Waals surface area contributed by atoms with Gasteiger partial charge in [-0.2, -0.15) is 0 Å². The van der Waals surface area contributed by atoms with E-state index in [1.807, 2.05) is 18.2 Å². The number of nitrogens with one attached hydrogen (secondary N) is 1. The van der Waals surface area contributed by atoms with Gasteiger partial charge in [-0.15, -0.1) is 0 Å². The number of anilines is 2. The van der Waals surface area contributed by atoms with Crippen LogP contribution in [0.3, 0.4) is 0 Å². The van der Waals surface area contributed by atoms with E-state index >= 15 is 0 Å². The maximum Gasteiger partial charge on any atom is 0.414 e. The lowest BCUT2D eigenvalue weighted by Crippen LogP contribution is -2.51. The van der Waals surface area contributed by atoms with Gasteiger partial charge in [0.2, 0.25) is 5.88 Å². The molecule has 8 nitrogen and oxygen atoms in total. The Bertz CT molecular complexity index is 1180. The predicted octanol–water partition coefficient (Wildman–Crippen LogP) is 3.14. The van der Waals surface area contributed by atoms with E-state index in [0.29, 0.717) is 36.1 Å². The molecule has 0 bridgehead atoms. The van der Waals surface area contributed by atoms with Gasteiger partial charge in [0.25, 0.3) is 0 Å². The first-order valence-corrected chi connectivity index (χ1v) is 11.0. The molecular weight excluding hydrogens is 425 g/mol. The summed E-state index contributed by atoms with van der Waals surface area (Å²) in [6, 6.07) is 10.5. The Kier molecular flexibility index (Phi) is 5.72. The minimum Gasteiger partial charge on any atom is -0.481 e. The SMILES string of the molecule is COc1ccc2nccc(N3CC(CNC[C@@H]4CN(c5ccc(C)c(F)c5)C(=O)O4)C3)c2n1. The van der Waals surface area contributed by atoms with Gasteiger partial charge < -0.3 is 19.7 Å². The summed E-state index contributed by atoms with van der Waals surface area (Å²) in [4.78, 5) is 24.9. The molecule has 1 aromatic carbocycles. The van der Waals surface area contributed by atoms with E-state index in [9.17, 15) is 9.18 Å². The molecule has 172 valence electrons. The summed E-state index contributed by atoms with van der Waals surface area (Å²) in [5.74, 6) is 0.731. The number of methoxy groups -OCH3 is 1. The first kappa shape index (κ1) is 21.4. The van der Waals surface area contributed by atoms with Gasteiger partial charge in [-0.05, 0) is 36.8 Å². The van der Waals surface area contributed by atoms with Gasteiger partial charge in [-0.25, -0.2) is 14.2 Å². The number of aromatic nitrogens is 2. The molecule has 2 aromatic heterocycles. The van der Waals surface area contributed by atoms with E-state index in [0.717, 1.165) is 36.4 Å². The molecule has 0 unspecified atom stereocenters. The van der Waals surface area contributed by atoms with Gasteiger partial charge in [0.15, 0.2) is 0 Å². The summed E-state index contributed by atoms with van der Waals surface area (Å²) >= 11 is 0. The largest absolute Gasteiger partial charge is 0.481 e. The van der Waals surface area contributed by atoms with Crippen molar-refractivity contribution in [3.05, 3.63) is 54.0 Å². The van der Waals surface area contributed by atoms with Crippen molar-refractivity contribution in [2.24, 2.45) is 5.92 Å². The second kappa shape index (κ2) is 8.82. The third-order valence-electron chi connectivity index (χ3n) is 6.19. The zero-order chi connectivity index (χ0) is 22.9. The molecule has 0 spiro atoms. The van der Waals surface area contributed by atoms with Crippen molar-refractivity contribution < 1.29 is 18.7 Å². The summed E-state index contributed by atoms with van der Waals surface area (Å²) in [5.41, 5.74) is 3.81. The predicted molar refractivity (Wildman–Crippen MR) is 123 cm³/mol. The van der Waals surface area contributed by atoms with Crippen molar-refractivity contribution in [1.82, 2.24) is 15.3 Å². The third kappa shape index (κ3) is 4.28. The quantitative estimate of drug-likeness (QED) is 0.591. The molecule has 2 saturated heterocycles. The molecule has 2 fully saturated rings. The van der Waals surface area contributed by atoms with E-state index < -0.39 is 6.09 Å². The number of amides is 1. The molecule has 9 heteroatoms. The van der Waals surface area contributed by atoms with Crippen LogP contribution in [-0.4, -0.2) is 62.0 Å². The Morgan fingerprint density at radius 3 is 2.82 bits per heavy atom. The van der Waals surface area contributed by atoms with E-state index in [1.165, 1.54) is 11.0 Å². The molecule has 0 radical (unpaired) electrons. The second-order valence-electron chi connectivity index (χ2n) is 8.53. The van der Waals surface area contributed by atoms with Crippen LogP contribution in [0.2, 0.25) is 0 Å². The lowest BCUT2D eigenvalue weighted by Gasteiger charge is -2.41. The van der Waals surface area contributed by atoms with Crippen LogP contribution in [0.15, 0.2) is 42.6 Å². The number of cyclic esters (lactones) is 1. The lowest BCUT2D eigenvalue weighted by molar-refractivity contribution is 0.139. The number of carbonyl (C=O) groups is 1. The number of nitrogens with zero attached hydrogens (tertiary/aromatic N) is 4. The molecule has 1 amide bonds. The van der Waals surface area contributed by atoms with E-state index in [4.69, 9.17) is 9.47 Å². The molecular formula is C24H26FN5O3. The Hall–Kier alpha value is -3.46. The van der Waals surface area contributed by atoms with Gasteiger partial charge in [-0.1, -0.05) is 6.07 Å². The van der Waals surface area contributed by atoms with E-state index in [2.05, 4.69) is 20.2 Å². The number of aryl methyl sites for hydroxylation is 1. The molecule has 0 saturated carbocycles. The van der Waals surface area contributed by atoms with Gasteiger partial charge >= 0.3 is 6.09 Å². The molecule has 1 atom stereocenters. The Balaban J connectivity index is 1.12. The molecule has 1 N–H and O–H groups in total. The summed E-state index contributed by atoms with van der Waals surface area (Å²) in [6.45, 7) is 5.30. The van der Waals surface area contributed by atoms with Crippen molar-refractivity contribution in [3.8, 4) is 5.88 Å². The fourth-order valence-electron chi connectivity index (χ4n) is 4.29. The van der Waals surface area contributed by atoms with Crippen LogP contribution in [-0.2, 0) is 4.74 Å². The molecule has 5 rings (SSSR count). The van der Waals surface area contributed by atoms with Gasteiger partial charge in [0.1, 0.15) is 17.4 Å². The minimum atomic E-state index is -0.438. The highest BCUT2D eigenvalue weighted by Crippen LogP contribution is 2.31. The molecule has 2 aliphatic heterocycles. The summed E-state index contributed by atoms with van der Waals surface area (Å²) in [6.07, 6.45) is 1.10. The first-order chi connectivity index (χ1) is 16.0. The Morgan fingerprint density at radius 1 is 1.18 bits per heavy atom. The average molecular weight is 452 g/mol. The zero-order valence-electron chi connectivity index (χ0n) is 18.6. The topological polar surface area (TPSA) is 79.8 Å². The number of carbonyl (C=O) groups excluding carboxylic acids is 1. The number of fused-ring (bicyclic) bond motifs is 1. The van der Waals surface area contributed by atoms with Crippen molar-refractivity contribution in [1.29, 1.82) is 0 Å². The molecule has 4 heterocycles. The number of rotatable bonds is 7. The van der Waals surface area contributed by atoms with Crippen LogP contribution in [0.4, 0.5) is 20.6 Å². The van der Waals surface area contributed by atoms with Crippen molar-refractivity contribution >= 4 is 28.5 Å². The highest BCUT2D eigenvalue weighted by molar-refractivity contribution is 5.90. The Morgan fingerprint density at radius 2 is 2.03 bits per heavy atom. The fourth-order valence-corrected chi connectivity index (χ4v) is 4.29. The smallest absolute Gasteiger partial charge is 0.414 e. The zero-order valence-corrected chi connectivity index (χ0v) is 18.6. The van der Waals surface area contributed by atoms with Crippen LogP contribution < -0.4 is 19.9 Å². The van der Waals surface area contributed by atoms with E-state index in [-0.39, 0.29) is 11.9 Å². The third-order valence-corrected chi connectivity index (χ3v) is 6.19. The summed E-state index contributed by atoms with van der Waals surface area (Å²) in [7, 11) is 1.61. The highest BCUT2D eigenvalue weighted by Gasteiger charge is 2.33. The molecule has 0 aliphatic carbocycles. The number of hydrogen-bond acceptors (Lipinski definition) is 7. The normalized spacial score (nSPS) is 18.5. The van der Waals surface area contributed by atoms with E-state index in [1.54, 1.807) is 32.4 Å². The molecule has 2 aliphatic rings. The summed E-state index contributed by atoms with van der Waals surface area (Å²) < 4.78 is 24.6. The lowest BCUT2D eigenvalue weighted by atomic mass is 9.99. The number of halogens is 1. The maximum absolute atomic E-state index is 13.9. The number of pyridine rings is 2. The van der Waals surface area contributed by atoms with Crippen LogP contribution in [0.5, 0.6) is 5.88 Å². The highest BCUT2D eigenvalue weighted by atomic mass is 19.1. The van der Waals surface area contributed by atoms with Crippen molar-refractivity contribution in [3.63, 3.8) is 0 Å². The van der Waals surface area contributed by atoms with Crippen LogP contribution in [0.1, 0.15) is 5.56 Å². The summed E-state index contributed by atoms with van der Waals surface area (Å²) in [5, 5.41) is 3.42. The van der Waals surface area contributed by atoms with Gasteiger partial charge in [-0.3, -0.25) is 9.88 Å².